The fourth-order valence-corrected chi connectivity index (χ4v) is 3.53. The smallest absolute Gasteiger partial charge is 0.145 e. The van der Waals surface area contributed by atoms with Crippen molar-refractivity contribution < 1.29 is 19.5 Å². The molecule has 0 spiro atoms. The molecular formula is C12H19O4P. The molecule has 1 aromatic carbocycles. The summed E-state index contributed by atoms with van der Waals surface area (Å²) in [5.74, 6) is -1.30. The van der Waals surface area contributed by atoms with Crippen molar-refractivity contribution in [1.82, 2.24) is 0 Å². The maximum Gasteiger partial charge on any atom is 0.145 e. The molecule has 0 radical (unpaired) electrons. The van der Waals surface area contributed by atoms with Gasteiger partial charge in [-0.05, 0) is 31.5 Å². The van der Waals surface area contributed by atoms with Gasteiger partial charge in [0.1, 0.15) is 24.6 Å². The lowest BCUT2D eigenvalue weighted by atomic mass is 10.2. The zero-order valence-corrected chi connectivity index (χ0v) is 11.2. The van der Waals surface area contributed by atoms with Crippen molar-refractivity contribution in [2.75, 3.05) is 7.11 Å². The van der Waals surface area contributed by atoms with Gasteiger partial charge in [-0.2, -0.15) is 0 Å². The van der Waals surface area contributed by atoms with Crippen molar-refractivity contribution in [1.29, 1.82) is 0 Å². The molecule has 1 rings (SSSR count). The molecule has 0 aliphatic rings. The van der Waals surface area contributed by atoms with Crippen molar-refractivity contribution in [3.8, 4) is 5.75 Å². The van der Waals surface area contributed by atoms with E-state index >= 15 is 0 Å². The Hall–Kier alpha value is -0.830. The van der Waals surface area contributed by atoms with E-state index in [4.69, 9.17) is 4.74 Å². The highest BCUT2D eigenvalue weighted by Gasteiger charge is 2.33. The monoisotopic (exact) mass is 258 g/mol. The highest BCUT2D eigenvalue weighted by Crippen LogP contribution is 2.55. The highest BCUT2D eigenvalue weighted by molar-refractivity contribution is 7.64. The van der Waals surface area contributed by atoms with Gasteiger partial charge in [0.05, 0.1) is 7.11 Å². The molecule has 2 unspecified atom stereocenters. The molecular weight excluding hydrogens is 239 g/mol. The van der Waals surface area contributed by atoms with Crippen LogP contribution in [0.1, 0.15) is 19.4 Å². The number of benzene rings is 1. The number of aliphatic hydroxyl groups is 2. The number of hydrogen-bond donors (Lipinski definition) is 2. The van der Waals surface area contributed by atoms with E-state index in [9.17, 15) is 14.8 Å². The number of hydrogen-bond acceptors (Lipinski definition) is 4. The average Bonchev–Trinajstić information content (AvgIpc) is 2.29. The summed E-state index contributed by atoms with van der Waals surface area (Å²) in [4.78, 5) is 0. The van der Waals surface area contributed by atoms with Gasteiger partial charge in [0.25, 0.3) is 0 Å². The van der Waals surface area contributed by atoms with Crippen LogP contribution in [-0.2, 0) is 10.7 Å². The third kappa shape index (κ3) is 3.32. The summed E-state index contributed by atoms with van der Waals surface area (Å²) in [6.45, 7) is 2.91. The normalized spacial score (nSPS) is 18.2. The molecule has 5 heteroatoms. The summed E-state index contributed by atoms with van der Waals surface area (Å²) in [5.41, 5.74) is 0.816. The van der Waals surface area contributed by atoms with Crippen molar-refractivity contribution >= 4 is 7.14 Å². The standard InChI is InChI=1S/C12H19O4P/c1-9(13)17(15,10(2)14)8-11-4-6-12(16-3)7-5-11/h4-7,9-10,13-14H,8H2,1-3H3. The summed E-state index contributed by atoms with van der Waals surface area (Å²) >= 11 is 0. The van der Waals surface area contributed by atoms with Crippen LogP contribution in [0.3, 0.4) is 0 Å². The molecule has 0 aromatic heterocycles. The molecule has 0 saturated carbocycles. The Morgan fingerprint density at radius 3 is 2.00 bits per heavy atom. The predicted molar refractivity (Wildman–Crippen MR) is 67.7 cm³/mol. The quantitative estimate of drug-likeness (QED) is 0.795. The van der Waals surface area contributed by atoms with Gasteiger partial charge in [0.15, 0.2) is 0 Å². The van der Waals surface area contributed by atoms with Crippen molar-refractivity contribution in [2.24, 2.45) is 0 Å². The van der Waals surface area contributed by atoms with Gasteiger partial charge >= 0.3 is 0 Å². The van der Waals surface area contributed by atoms with E-state index < -0.39 is 18.8 Å². The average molecular weight is 258 g/mol. The Bertz CT molecular complexity index is 385. The first-order chi connectivity index (χ1) is 7.90. The number of aliphatic hydroxyl groups excluding tert-OH is 2. The molecule has 17 heavy (non-hydrogen) atoms. The minimum atomic E-state index is -3.04. The highest BCUT2D eigenvalue weighted by atomic mass is 31.2. The van der Waals surface area contributed by atoms with Gasteiger partial charge in [-0.25, -0.2) is 0 Å². The zero-order valence-electron chi connectivity index (χ0n) is 10.3. The second kappa shape index (κ2) is 5.67. The first-order valence-corrected chi connectivity index (χ1v) is 7.50. The molecule has 0 saturated heterocycles. The van der Waals surface area contributed by atoms with E-state index in [1.165, 1.54) is 13.8 Å². The Balaban J connectivity index is 2.91. The van der Waals surface area contributed by atoms with E-state index in [1.54, 1.807) is 31.4 Å². The lowest BCUT2D eigenvalue weighted by Gasteiger charge is -2.24. The Labute approximate surface area is 102 Å². The van der Waals surface area contributed by atoms with Crippen LogP contribution in [-0.4, -0.2) is 29.0 Å². The topological polar surface area (TPSA) is 66.8 Å². The summed E-state index contributed by atoms with van der Waals surface area (Å²) in [7, 11) is -1.46. The van der Waals surface area contributed by atoms with Crippen LogP contribution < -0.4 is 4.74 Å². The summed E-state index contributed by atoms with van der Waals surface area (Å²) in [6, 6.07) is 7.11. The van der Waals surface area contributed by atoms with Crippen molar-refractivity contribution in [2.45, 2.75) is 31.7 Å². The van der Waals surface area contributed by atoms with E-state index in [1.807, 2.05) is 0 Å². The lowest BCUT2D eigenvalue weighted by Crippen LogP contribution is -2.14. The molecule has 2 atom stereocenters. The van der Waals surface area contributed by atoms with Gasteiger partial charge in [0, 0.05) is 6.16 Å². The van der Waals surface area contributed by atoms with Gasteiger partial charge in [0.2, 0.25) is 0 Å². The maximum atomic E-state index is 12.4. The van der Waals surface area contributed by atoms with Gasteiger partial charge < -0.3 is 19.5 Å². The van der Waals surface area contributed by atoms with Gasteiger partial charge in [-0.3, -0.25) is 0 Å². The van der Waals surface area contributed by atoms with Crippen LogP contribution in [0.2, 0.25) is 0 Å². The number of methoxy groups -OCH3 is 1. The predicted octanol–water partition coefficient (Wildman–Crippen LogP) is 2.23. The second-order valence-electron chi connectivity index (χ2n) is 4.12. The summed E-state index contributed by atoms with van der Waals surface area (Å²) < 4.78 is 17.4. The molecule has 0 aliphatic heterocycles. The van der Waals surface area contributed by atoms with Crippen LogP contribution in [0.15, 0.2) is 24.3 Å². The molecule has 0 fully saturated rings. The zero-order chi connectivity index (χ0) is 13.1. The molecule has 0 aliphatic carbocycles. The molecule has 96 valence electrons. The Morgan fingerprint density at radius 1 is 1.18 bits per heavy atom. The van der Waals surface area contributed by atoms with E-state index in [2.05, 4.69) is 0 Å². The fourth-order valence-electron chi connectivity index (χ4n) is 1.59. The lowest BCUT2D eigenvalue weighted by molar-refractivity contribution is 0.227. The fraction of sp³-hybridized carbons (Fsp3) is 0.500. The number of rotatable bonds is 5. The van der Waals surface area contributed by atoms with Crippen LogP contribution in [0.5, 0.6) is 5.75 Å². The molecule has 4 nitrogen and oxygen atoms in total. The first kappa shape index (κ1) is 14.2. The molecule has 0 bridgehead atoms. The minimum Gasteiger partial charge on any atom is -0.497 e. The summed E-state index contributed by atoms with van der Waals surface area (Å²) in [5, 5.41) is 19.1. The number of ether oxygens (including phenoxy) is 1. The van der Waals surface area contributed by atoms with Gasteiger partial charge in [-0.1, -0.05) is 12.1 Å². The molecule has 1 aromatic rings. The van der Waals surface area contributed by atoms with Gasteiger partial charge in [-0.15, -0.1) is 0 Å². The van der Waals surface area contributed by atoms with Crippen LogP contribution in [0.25, 0.3) is 0 Å². The van der Waals surface area contributed by atoms with Crippen LogP contribution >= 0.6 is 7.14 Å². The van der Waals surface area contributed by atoms with Crippen LogP contribution in [0.4, 0.5) is 0 Å². The Morgan fingerprint density at radius 2 is 1.65 bits per heavy atom. The van der Waals surface area contributed by atoms with E-state index in [-0.39, 0.29) is 6.16 Å². The first-order valence-electron chi connectivity index (χ1n) is 5.47. The van der Waals surface area contributed by atoms with E-state index in [0.717, 1.165) is 11.3 Å². The summed E-state index contributed by atoms with van der Waals surface area (Å²) in [6.07, 6.45) is 0.187. The molecule has 0 heterocycles. The third-order valence-corrected chi connectivity index (χ3v) is 6.24. The minimum absolute atomic E-state index is 0.187. The third-order valence-electron chi connectivity index (χ3n) is 2.85. The molecule has 0 amide bonds. The second-order valence-corrected chi connectivity index (χ2v) is 7.64. The molecule has 2 N–H and O–H groups in total. The maximum absolute atomic E-state index is 12.4. The van der Waals surface area contributed by atoms with E-state index in [0.29, 0.717) is 0 Å². The van der Waals surface area contributed by atoms with Crippen LogP contribution in [0, 0.1) is 0 Å². The van der Waals surface area contributed by atoms with Crippen molar-refractivity contribution in [3.05, 3.63) is 29.8 Å². The van der Waals surface area contributed by atoms with Crippen molar-refractivity contribution in [3.63, 3.8) is 0 Å². The largest absolute Gasteiger partial charge is 0.497 e. The SMILES string of the molecule is COc1ccc(CP(=O)(C(C)O)C(C)O)cc1. The Kier molecular flexibility index (Phi) is 4.75.